The molecule has 0 radical (unpaired) electrons. The van der Waals surface area contributed by atoms with Crippen molar-refractivity contribution < 1.29 is 4.79 Å². The number of hydrogen-bond acceptors (Lipinski definition) is 3. The molecule has 0 fully saturated rings. The lowest BCUT2D eigenvalue weighted by atomic mass is 10.2. The van der Waals surface area contributed by atoms with Crippen LogP contribution in [-0.2, 0) is 0 Å². The molecule has 102 valence electrons. The van der Waals surface area contributed by atoms with Crippen molar-refractivity contribution in [2.75, 3.05) is 0 Å². The highest BCUT2D eigenvalue weighted by Gasteiger charge is 2.10. The first kappa shape index (κ1) is 14.5. The summed E-state index contributed by atoms with van der Waals surface area (Å²) in [5.74, 6) is -0.416. The molecule has 0 saturated heterocycles. The summed E-state index contributed by atoms with van der Waals surface area (Å²) in [7, 11) is 0. The van der Waals surface area contributed by atoms with Gasteiger partial charge in [0.05, 0.1) is 16.3 Å². The molecule has 0 saturated carbocycles. The van der Waals surface area contributed by atoms with Gasteiger partial charge in [0.15, 0.2) is 0 Å². The van der Waals surface area contributed by atoms with Gasteiger partial charge in [0.25, 0.3) is 5.91 Å². The fraction of sp³-hybridized carbons (Fsp3) is 0.0714. The van der Waals surface area contributed by atoms with Crippen molar-refractivity contribution in [2.24, 2.45) is 5.10 Å². The van der Waals surface area contributed by atoms with Gasteiger partial charge >= 0.3 is 0 Å². The molecule has 0 bridgehead atoms. The molecule has 0 aliphatic heterocycles. The quantitative estimate of drug-likeness (QED) is 0.696. The van der Waals surface area contributed by atoms with Gasteiger partial charge in [0.2, 0.25) is 0 Å². The number of amides is 1. The number of rotatable bonds is 3. The van der Waals surface area contributed by atoms with E-state index in [-0.39, 0.29) is 5.56 Å². The number of carbonyl (C=O) groups is 1. The minimum atomic E-state index is -0.416. The molecule has 0 unspecified atom stereocenters. The first-order chi connectivity index (χ1) is 9.58. The van der Waals surface area contributed by atoms with E-state index in [1.165, 1.54) is 6.07 Å². The van der Waals surface area contributed by atoms with Gasteiger partial charge in [-0.3, -0.25) is 9.78 Å². The van der Waals surface area contributed by atoms with Crippen LogP contribution in [-0.4, -0.2) is 16.6 Å². The molecule has 1 heterocycles. The molecule has 1 aromatic heterocycles. The third kappa shape index (κ3) is 3.56. The highest BCUT2D eigenvalue weighted by Crippen LogP contribution is 2.20. The van der Waals surface area contributed by atoms with Crippen LogP contribution >= 0.6 is 23.2 Å². The van der Waals surface area contributed by atoms with E-state index in [0.29, 0.717) is 15.8 Å². The second-order valence-corrected chi connectivity index (χ2v) is 4.85. The molecule has 6 heteroatoms. The number of nitrogens with one attached hydrogen (secondary N) is 1. The van der Waals surface area contributed by atoms with Crippen LogP contribution < -0.4 is 5.43 Å². The van der Waals surface area contributed by atoms with Crippen LogP contribution in [0.15, 0.2) is 47.8 Å². The Balaban J connectivity index is 2.14. The van der Waals surface area contributed by atoms with Gasteiger partial charge in [0, 0.05) is 23.0 Å². The number of hydrazone groups is 1. The minimum absolute atomic E-state index is 0.280. The highest BCUT2D eigenvalue weighted by atomic mass is 35.5. The number of pyridine rings is 1. The van der Waals surface area contributed by atoms with Crippen LogP contribution in [0.3, 0.4) is 0 Å². The third-order valence-electron chi connectivity index (χ3n) is 2.58. The van der Waals surface area contributed by atoms with Crippen molar-refractivity contribution in [2.45, 2.75) is 6.92 Å². The molecule has 0 spiro atoms. The molecular formula is C14H11Cl2N3O. The van der Waals surface area contributed by atoms with E-state index in [1.54, 1.807) is 37.5 Å². The lowest BCUT2D eigenvalue weighted by molar-refractivity contribution is 0.0955. The summed E-state index contributed by atoms with van der Waals surface area (Å²) in [5.41, 5.74) is 4.19. The predicted molar refractivity (Wildman–Crippen MR) is 80.4 cm³/mol. The summed E-state index contributed by atoms with van der Waals surface area (Å²) in [4.78, 5) is 16.0. The average molecular weight is 308 g/mol. The van der Waals surface area contributed by atoms with Crippen molar-refractivity contribution in [3.63, 3.8) is 0 Å². The average Bonchev–Trinajstić information content (AvgIpc) is 2.47. The molecule has 4 nitrogen and oxygen atoms in total. The van der Waals surface area contributed by atoms with Crippen molar-refractivity contribution in [3.8, 4) is 0 Å². The standard InChI is InChI=1S/C14H11Cl2N3O/c1-9(10-3-2-6-17-8-10)18-19-14(20)12-7-11(15)4-5-13(12)16/h2-8H,1H3,(H,19,20)/b18-9-. The Morgan fingerprint density at radius 2 is 2.10 bits per heavy atom. The van der Waals surface area contributed by atoms with Crippen LogP contribution in [0.25, 0.3) is 0 Å². The zero-order chi connectivity index (χ0) is 14.5. The third-order valence-corrected chi connectivity index (χ3v) is 3.14. The number of aromatic nitrogens is 1. The summed E-state index contributed by atoms with van der Waals surface area (Å²) < 4.78 is 0. The number of hydrogen-bond donors (Lipinski definition) is 1. The Kier molecular flexibility index (Phi) is 4.71. The SMILES string of the molecule is C/C(=N/NC(=O)c1cc(Cl)ccc1Cl)c1cccnc1. The van der Waals surface area contributed by atoms with E-state index in [0.717, 1.165) is 5.56 Å². The molecule has 1 N–H and O–H groups in total. The highest BCUT2D eigenvalue weighted by molar-refractivity contribution is 6.35. The van der Waals surface area contributed by atoms with Gasteiger partial charge in [-0.15, -0.1) is 0 Å². The fourth-order valence-corrected chi connectivity index (χ4v) is 1.88. The van der Waals surface area contributed by atoms with Gasteiger partial charge in [0.1, 0.15) is 0 Å². The Labute approximate surface area is 126 Å². The van der Waals surface area contributed by atoms with Crippen LogP contribution in [0.5, 0.6) is 0 Å². The number of benzene rings is 1. The lowest BCUT2D eigenvalue weighted by Crippen LogP contribution is -2.19. The minimum Gasteiger partial charge on any atom is -0.267 e. The molecule has 2 rings (SSSR count). The van der Waals surface area contributed by atoms with Crippen molar-refractivity contribution in [1.82, 2.24) is 10.4 Å². The van der Waals surface area contributed by atoms with E-state index >= 15 is 0 Å². The molecule has 1 aromatic carbocycles. The Hall–Kier alpha value is -1.91. The summed E-state index contributed by atoms with van der Waals surface area (Å²) in [6.07, 6.45) is 3.33. The first-order valence-corrected chi connectivity index (χ1v) is 6.53. The van der Waals surface area contributed by atoms with E-state index in [1.807, 2.05) is 6.07 Å². The number of nitrogens with zero attached hydrogens (tertiary/aromatic N) is 2. The molecule has 20 heavy (non-hydrogen) atoms. The largest absolute Gasteiger partial charge is 0.272 e. The van der Waals surface area contributed by atoms with Gasteiger partial charge in [-0.1, -0.05) is 29.3 Å². The van der Waals surface area contributed by atoms with Gasteiger partial charge < -0.3 is 0 Å². The van der Waals surface area contributed by atoms with Crippen LogP contribution in [0, 0.1) is 0 Å². The molecule has 0 aliphatic carbocycles. The van der Waals surface area contributed by atoms with Crippen LogP contribution in [0.2, 0.25) is 10.0 Å². The summed E-state index contributed by atoms with van der Waals surface area (Å²) in [6.45, 7) is 1.77. The monoisotopic (exact) mass is 307 g/mol. The predicted octanol–water partition coefficient (Wildman–Crippen LogP) is 3.54. The maximum Gasteiger partial charge on any atom is 0.272 e. The second-order valence-electron chi connectivity index (χ2n) is 4.00. The summed E-state index contributed by atoms with van der Waals surface area (Å²) >= 11 is 11.8. The summed E-state index contributed by atoms with van der Waals surface area (Å²) in [6, 6.07) is 8.32. The van der Waals surface area contributed by atoms with Gasteiger partial charge in [-0.25, -0.2) is 5.43 Å². The summed E-state index contributed by atoms with van der Waals surface area (Å²) in [5, 5.41) is 4.77. The van der Waals surface area contributed by atoms with E-state index in [2.05, 4.69) is 15.5 Å². The Morgan fingerprint density at radius 1 is 1.30 bits per heavy atom. The maximum atomic E-state index is 12.0. The fourth-order valence-electron chi connectivity index (χ4n) is 1.51. The first-order valence-electron chi connectivity index (χ1n) is 5.78. The van der Waals surface area contributed by atoms with Crippen molar-refractivity contribution in [3.05, 3.63) is 63.9 Å². The Morgan fingerprint density at radius 3 is 2.80 bits per heavy atom. The number of halogens is 2. The van der Waals surface area contributed by atoms with E-state index < -0.39 is 5.91 Å². The van der Waals surface area contributed by atoms with Gasteiger partial charge in [-0.05, 0) is 31.2 Å². The van der Waals surface area contributed by atoms with Crippen molar-refractivity contribution in [1.29, 1.82) is 0 Å². The topological polar surface area (TPSA) is 54.4 Å². The molecule has 2 aromatic rings. The van der Waals surface area contributed by atoms with Crippen LogP contribution in [0.4, 0.5) is 0 Å². The number of carbonyl (C=O) groups excluding carboxylic acids is 1. The molecule has 0 aliphatic rings. The smallest absolute Gasteiger partial charge is 0.267 e. The maximum absolute atomic E-state index is 12.0. The molecule has 0 atom stereocenters. The molecule has 1 amide bonds. The lowest BCUT2D eigenvalue weighted by Gasteiger charge is -2.04. The van der Waals surface area contributed by atoms with Crippen LogP contribution in [0.1, 0.15) is 22.8 Å². The zero-order valence-electron chi connectivity index (χ0n) is 10.6. The molecular weight excluding hydrogens is 297 g/mol. The van der Waals surface area contributed by atoms with Gasteiger partial charge in [-0.2, -0.15) is 5.10 Å². The van der Waals surface area contributed by atoms with E-state index in [4.69, 9.17) is 23.2 Å². The zero-order valence-corrected chi connectivity index (χ0v) is 12.1. The van der Waals surface area contributed by atoms with Crippen molar-refractivity contribution >= 4 is 34.8 Å². The Bertz CT molecular complexity index is 657. The normalized spacial score (nSPS) is 11.2. The second kappa shape index (κ2) is 6.50. The van der Waals surface area contributed by atoms with E-state index in [9.17, 15) is 4.79 Å².